The lowest BCUT2D eigenvalue weighted by molar-refractivity contribution is -0.341. The average molecular weight is 762 g/mol. The fourth-order valence-corrected chi connectivity index (χ4v) is 6.27. The number of hydrogen-bond donors (Lipinski definition) is 1. The minimum Gasteiger partial charge on any atom is -0.463 e. The van der Waals surface area contributed by atoms with Crippen LogP contribution >= 0.6 is 11.8 Å². The summed E-state index contributed by atoms with van der Waals surface area (Å²) in [6.07, 6.45) is -8.78. The second kappa shape index (κ2) is 21.2. The van der Waals surface area contributed by atoms with Gasteiger partial charge in [0.15, 0.2) is 36.8 Å². The van der Waals surface area contributed by atoms with Crippen LogP contribution in [0.4, 0.5) is 0 Å². The fourth-order valence-electron chi connectivity index (χ4n) is 5.11. The van der Waals surface area contributed by atoms with E-state index in [2.05, 4.69) is 11.2 Å². The number of carbonyl (C=O) groups excluding carboxylic acids is 8. The summed E-state index contributed by atoms with van der Waals surface area (Å²) in [5, 5.41) is 2.51. The van der Waals surface area contributed by atoms with Gasteiger partial charge >= 0.3 is 41.8 Å². The molecule has 2 fully saturated rings. The van der Waals surface area contributed by atoms with Crippen molar-refractivity contribution >= 4 is 59.5 Å². The molecule has 52 heavy (non-hydrogen) atoms. The summed E-state index contributed by atoms with van der Waals surface area (Å²) in [6, 6.07) is 0. The minimum atomic E-state index is -1.80. The molecular formula is C32H43NO18S. The monoisotopic (exact) mass is 761 g/mol. The van der Waals surface area contributed by atoms with Crippen LogP contribution in [-0.2, 0) is 85.7 Å². The van der Waals surface area contributed by atoms with E-state index >= 15 is 0 Å². The Labute approximate surface area is 303 Å². The van der Waals surface area contributed by atoms with Crippen LogP contribution in [0, 0.1) is 12.3 Å². The Morgan fingerprint density at radius 3 is 1.52 bits per heavy atom. The number of amides is 1. The third kappa shape index (κ3) is 14.3. The lowest BCUT2D eigenvalue weighted by Gasteiger charge is -2.48. The lowest BCUT2D eigenvalue weighted by atomic mass is 9.96. The van der Waals surface area contributed by atoms with Gasteiger partial charge < -0.3 is 52.7 Å². The van der Waals surface area contributed by atoms with E-state index in [9.17, 15) is 38.4 Å². The zero-order chi connectivity index (χ0) is 39.1. The second-order valence-corrected chi connectivity index (χ2v) is 12.5. The van der Waals surface area contributed by atoms with Crippen molar-refractivity contribution in [3.05, 3.63) is 0 Å². The molecule has 10 atom stereocenters. The Balaban J connectivity index is 2.67. The molecule has 0 aromatic rings. The summed E-state index contributed by atoms with van der Waals surface area (Å²) in [5.74, 6) is -3.90. The van der Waals surface area contributed by atoms with E-state index in [0.29, 0.717) is 0 Å². The van der Waals surface area contributed by atoms with Crippen LogP contribution in [0.15, 0.2) is 0 Å². The Morgan fingerprint density at radius 2 is 1.04 bits per heavy atom. The zero-order valence-corrected chi connectivity index (χ0v) is 30.5. The first-order valence-electron chi connectivity index (χ1n) is 15.8. The van der Waals surface area contributed by atoms with Gasteiger partial charge in [-0.2, -0.15) is 0 Å². The van der Waals surface area contributed by atoms with Crippen molar-refractivity contribution in [1.82, 2.24) is 5.32 Å². The van der Waals surface area contributed by atoms with Crippen molar-refractivity contribution < 1.29 is 85.7 Å². The molecule has 1 N–H and O–H groups in total. The number of esters is 7. The summed E-state index contributed by atoms with van der Waals surface area (Å²) in [6.45, 7) is 6.34. The van der Waals surface area contributed by atoms with Gasteiger partial charge in [0.1, 0.15) is 37.0 Å². The van der Waals surface area contributed by atoms with Crippen molar-refractivity contribution in [2.24, 2.45) is 0 Å². The normalized spacial score (nSPS) is 28.1. The van der Waals surface area contributed by atoms with Gasteiger partial charge in [0.25, 0.3) is 0 Å². The van der Waals surface area contributed by atoms with Gasteiger partial charge in [-0.15, -0.1) is 18.2 Å². The van der Waals surface area contributed by atoms with E-state index in [1.807, 2.05) is 0 Å². The van der Waals surface area contributed by atoms with Gasteiger partial charge in [0.2, 0.25) is 5.91 Å². The highest BCUT2D eigenvalue weighted by atomic mass is 32.2. The summed E-state index contributed by atoms with van der Waals surface area (Å²) >= 11 is 1.00. The molecule has 0 bridgehead atoms. The van der Waals surface area contributed by atoms with Crippen LogP contribution < -0.4 is 5.32 Å². The van der Waals surface area contributed by atoms with E-state index in [1.165, 1.54) is 0 Å². The molecule has 2 aliphatic rings. The molecule has 0 radical (unpaired) electrons. The van der Waals surface area contributed by atoms with E-state index in [0.717, 1.165) is 60.2 Å². The Hall–Kier alpha value is -4.45. The number of terminal acetylenes is 1. The predicted octanol–water partition coefficient (Wildman–Crippen LogP) is -0.521. The standard InChI is InChI=1S/C32H43NO18S/c1-9-11-33-24(41)10-12-52-32-30(48-21(8)40)28(46-19(6)38)26(23(50-32)14-43-16(3)35)51-31-29(47-20(7)39)27(45-18(5)37)25(44-17(4)36)22(49-31)13-42-15(2)34/h1,22-23,25-32H,10-14H2,2-8H3,(H,33,41)/t22-,23-,25+,26-,27+,28+,29-,30-,31+,32+/m1/s1. The summed E-state index contributed by atoms with van der Waals surface area (Å²) in [7, 11) is 0. The average Bonchev–Trinajstić information content (AvgIpc) is 3.02. The van der Waals surface area contributed by atoms with Crippen LogP contribution in [0.1, 0.15) is 54.9 Å². The number of thioether (sulfide) groups is 1. The van der Waals surface area contributed by atoms with Gasteiger partial charge in [-0.05, 0) is 0 Å². The largest absolute Gasteiger partial charge is 0.463 e. The first-order valence-corrected chi connectivity index (χ1v) is 16.9. The molecule has 2 aliphatic heterocycles. The maximum atomic E-state index is 12.5. The van der Waals surface area contributed by atoms with Crippen LogP contribution in [0.5, 0.6) is 0 Å². The van der Waals surface area contributed by atoms with Crippen molar-refractivity contribution in [1.29, 1.82) is 0 Å². The Kier molecular flexibility index (Phi) is 17.8. The van der Waals surface area contributed by atoms with Crippen LogP contribution in [0.2, 0.25) is 0 Å². The summed E-state index contributed by atoms with van der Waals surface area (Å²) in [5.41, 5.74) is -1.15. The third-order valence-corrected chi connectivity index (χ3v) is 8.03. The Morgan fingerprint density at radius 1 is 0.596 bits per heavy atom. The molecule has 0 saturated carbocycles. The molecule has 2 heterocycles. The third-order valence-electron chi connectivity index (χ3n) is 6.88. The highest BCUT2D eigenvalue weighted by Gasteiger charge is 2.57. The molecule has 0 aliphatic carbocycles. The van der Waals surface area contributed by atoms with Gasteiger partial charge in [-0.1, -0.05) is 5.92 Å². The molecule has 290 valence electrons. The van der Waals surface area contributed by atoms with E-state index in [1.54, 1.807) is 0 Å². The zero-order valence-electron chi connectivity index (χ0n) is 29.6. The SMILES string of the molecule is C#CCNC(=O)CCS[C@@H]1O[C@H](COC(C)=O)[C@@H](O[C@@H]2O[C@H](COC(C)=O)[C@H](OC(C)=O)[C@H](OC(C)=O)[C@H]2OC(C)=O)[C@H](OC(C)=O)[C@H]1OC(C)=O. The highest BCUT2D eigenvalue weighted by molar-refractivity contribution is 7.99. The molecule has 0 aromatic carbocycles. The maximum Gasteiger partial charge on any atom is 0.303 e. The smallest absolute Gasteiger partial charge is 0.303 e. The molecule has 19 nitrogen and oxygen atoms in total. The van der Waals surface area contributed by atoms with E-state index < -0.39 is 116 Å². The number of rotatable bonds is 16. The molecule has 0 spiro atoms. The molecule has 2 rings (SSSR count). The molecule has 0 unspecified atom stereocenters. The maximum absolute atomic E-state index is 12.5. The second-order valence-electron chi connectivity index (χ2n) is 11.3. The minimum absolute atomic E-state index is 0.00322. The van der Waals surface area contributed by atoms with E-state index in [-0.39, 0.29) is 24.6 Å². The van der Waals surface area contributed by atoms with Gasteiger partial charge in [0.05, 0.1) is 6.54 Å². The molecule has 0 aromatic heterocycles. The molecular weight excluding hydrogens is 718 g/mol. The van der Waals surface area contributed by atoms with Crippen LogP contribution in [0.25, 0.3) is 0 Å². The number of nitrogens with one attached hydrogen (secondary N) is 1. The predicted molar refractivity (Wildman–Crippen MR) is 172 cm³/mol. The molecule has 1 amide bonds. The number of ether oxygens (including phenoxy) is 10. The van der Waals surface area contributed by atoms with Crippen molar-refractivity contribution in [2.75, 3.05) is 25.5 Å². The van der Waals surface area contributed by atoms with Crippen LogP contribution in [-0.4, -0.2) is 134 Å². The van der Waals surface area contributed by atoms with E-state index in [4.69, 9.17) is 53.8 Å². The lowest BCUT2D eigenvalue weighted by Crippen LogP contribution is -2.66. The van der Waals surface area contributed by atoms with Crippen molar-refractivity contribution in [2.45, 2.75) is 115 Å². The Bertz CT molecular complexity index is 1360. The summed E-state index contributed by atoms with van der Waals surface area (Å²) in [4.78, 5) is 97.6. The first kappa shape index (κ1) is 43.7. The van der Waals surface area contributed by atoms with Gasteiger partial charge in [0, 0.05) is 60.6 Å². The number of carbonyl (C=O) groups is 8. The van der Waals surface area contributed by atoms with Gasteiger partial charge in [-0.3, -0.25) is 38.4 Å². The molecule has 20 heteroatoms. The molecule has 2 saturated heterocycles. The number of hydrogen-bond acceptors (Lipinski definition) is 19. The van der Waals surface area contributed by atoms with Crippen molar-refractivity contribution in [3.8, 4) is 12.3 Å². The highest BCUT2D eigenvalue weighted by Crippen LogP contribution is 2.38. The first-order chi connectivity index (χ1) is 24.4. The topological polar surface area (TPSA) is 241 Å². The van der Waals surface area contributed by atoms with Crippen molar-refractivity contribution in [3.63, 3.8) is 0 Å². The van der Waals surface area contributed by atoms with Gasteiger partial charge in [-0.25, -0.2) is 0 Å². The van der Waals surface area contributed by atoms with Crippen LogP contribution in [0.3, 0.4) is 0 Å². The quantitative estimate of drug-likeness (QED) is 0.118. The summed E-state index contributed by atoms with van der Waals surface area (Å²) < 4.78 is 56.4. The fraction of sp³-hybridized carbons (Fsp3) is 0.688.